The highest BCUT2D eigenvalue weighted by molar-refractivity contribution is 6.34. The highest BCUT2D eigenvalue weighted by atomic mass is 35.5. The number of hydrogen-bond acceptors (Lipinski definition) is 4. The molecule has 136 valence electrons. The van der Waals surface area contributed by atoms with E-state index in [0.717, 1.165) is 47.8 Å². The van der Waals surface area contributed by atoms with E-state index in [-0.39, 0.29) is 12.4 Å². The van der Waals surface area contributed by atoms with Crippen LogP contribution in [0.15, 0.2) is 48.5 Å². The first-order chi connectivity index (χ1) is 13.1. The smallest absolute Gasteiger partial charge is 0.339 e. The summed E-state index contributed by atoms with van der Waals surface area (Å²) in [6.07, 6.45) is 3.75. The molecule has 0 fully saturated rings. The van der Waals surface area contributed by atoms with Crippen molar-refractivity contribution in [2.24, 2.45) is 0 Å². The molecule has 3 aromatic rings. The Labute approximate surface area is 162 Å². The molecular formula is C22H18ClNO3. The van der Waals surface area contributed by atoms with E-state index in [1.54, 1.807) is 24.3 Å². The van der Waals surface area contributed by atoms with Crippen molar-refractivity contribution in [1.29, 1.82) is 0 Å². The van der Waals surface area contributed by atoms with Crippen LogP contribution in [0.3, 0.4) is 0 Å². The molecule has 0 aliphatic heterocycles. The number of pyridine rings is 1. The largest absolute Gasteiger partial charge is 0.454 e. The lowest BCUT2D eigenvalue weighted by molar-refractivity contribution is 0.0475. The fraction of sp³-hybridized carbons (Fsp3) is 0.227. The van der Waals surface area contributed by atoms with Crippen LogP contribution < -0.4 is 0 Å². The molecule has 2 aromatic carbocycles. The summed E-state index contributed by atoms with van der Waals surface area (Å²) in [6, 6.07) is 14.3. The van der Waals surface area contributed by atoms with Gasteiger partial charge in [-0.05, 0) is 49.4 Å². The lowest BCUT2D eigenvalue weighted by Crippen LogP contribution is -2.19. The van der Waals surface area contributed by atoms with E-state index in [1.165, 1.54) is 0 Å². The zero-order valence-electron chi connectivity index (χ0n) is 14.7. The quantitative estimate of drug-likeness (QED) is 0.482. The molecule has 27 heavy (non-hydrogen) atoms. The van der Waals surface area contributed by atoms with E-state index >= 15 is 0 Å². The summed E-state index contributed by atoms with van der Waals surface area (Å²) >= 11 is 6.05. The molecule has 0 amide bonds. The first kappa shape index (κ1) is 17.7. The van der Waals surface area contributed by atoms with Crippen molar-refractivity contribution in [3.63, 3.8) is 0 Å². The van der Waals surface area contributed by atoms with Crippen LogP contribution in [-0.2, 0) is 17.6 Å². The van der Waals surface area contributed by atoms with Crippen LogP contribution in [0.25, 0.3) is 10.9 Å². The molecule has 1 aliphatic carbocycles. The second-order valence-corrected chi connectivity index (χ2v) is 7.02. The van der Waals surface area contributed by atoms with Crippen LogP contribution in [0.1, 0.15) is 44.8 Å². The van der Waals surface area contributed by atoms with Gasteiger partial charge in [0.25, 0.3) is 0 Å². The molecule has 1 aliphatic rings. The lowest BCUT2D eigenvalue weighted by Gasteiger charge is -2.19. The Balaban J connectivity index is 1.65. The van der Waals surface area contributed by atoms with Gasteiger partial charge >= 0.3 is 5.97 Å². The van der Waals surface area contributed by atoms with Crippen molar-refractivity contribution >= 4 is 34.3 Å². The number of para-hydroxylation sites is 1. The average Bonchev–Trinajstić information content (AvgIpc) is 2.70. The van der Waals surface area contributed by atoms with Crippen molar-refractivity contribution in [3.05, 3.63) is 75.9 Å². The van der Waals surface area contributed by atoms with Gasteiger partial charge in [-0.15, -0.1) is 0 Å². The number of esters is 1. The number of Topliss-reactive ketones (excluding diaryl/α,β-unsaturated/α-hetero) is 1. The predicted octanol–water partition coefficient (Wildman–Crippen LogP) is 4.81. The van der Waals surface area contributed by atoms with E-state index in [1.807, 2.05) is 24.3 Å². The molecule has 0 saturated heterocycles. The number of aromatic nitrogens is 1. The molecule has 4 rings (SSSR count). The normalized spacial score (nSPS) is 13.2. The SMILES string of the molecule is O=C(COC(=O)c1c2c(nc3ccccc13)CCCC2)c1ccccc1Cl. The molecule has 5 heteroatoms. The highest BCUT2D eigenvalue weighted by Crippen LogP contribution is 2.30. The third kappa shape index (κ3) is 3.45. The van der Waals surface area contributed by atoms with Crippen LogP contribution in [0, 0.1) is 0 Å². The molecule has 0 N–H and O–H groups in total. The molecule has 0 saturated carbocycles. The number of halogens is 1. The van der Waals surface area contributed by atoms with Crippen LogP contribution in [-0.4, -0.2) is 23.3 Å². The Hall–Kier alpha value is -2.72. The number of rotatable bonds is 4. The molecular weight excluding hydrogens is 362 g/mol. The maximum Gasteiger partial charge on any atom is 0.339 e. The summed E-state index contributed by atoms with van der Waals surface area (Å²) in [4.78, 5) is 30.0. The van der Waals surface area contributed by atoms with Gasteiger partial charge in [0.1, 0.15) is 0 Å². The van der Waals surface area contributed by atoms with Crippen molar-refractivity contribution in [2.45, 2.75) is 25.7 Å². The fourth-order valence-electron chi connectivity index (χ4n) is 3.57. The van der Waals surface area contributed by atoms with Crippen molar-refractivity contribution in [2.75, 3.05) is 6.61 Å². The topological polar surface area (TPSA) is 56.3 Å². The van der Waals surface area contributed by atoms with Gasteiger partial charge in [-0.1, -0.05) is 41.9 Å². The van der Waals surface area contributed by atoms with Crippen LogP contribution in [0.4, 0.5) is 0 Å². The summed E-state index contributed by atoms with van der Waals surface area (Å²) in [5.74, 6) is -0.798. The van der Waals surface area contributed by atoms with Crippen LogP contribution in [0.5, 0.6) is 0 Å². The van der Waals surface area contributed by atoms with E-state index in [0.29, 0.717) is 16.1 Å². The second-order valence-electron chi connectivity index (χ2n) is 6.62. The van der Waals surface area contributed by atoms with Gasteiger partial charge in [-0.2, -0.15) is 0 Å². The van der Waals surface area contributed by atoms with Gasteiger partial charge in [-0.25, -0.2) is 4.79 Å². The first-order valence-corrected chi connectivity index (χ1v) is 9.38. The summed E-state index contributed by atoms with van der Waals surface area (Å²) in [6.45, 7) is -0.339. The number of fused-ring (bicyclic) bond motifs is 2. The monoisotopic (exact) mass is 379 g/mol. The summed E-state index contributed by atoms with van der Waals surface area (Å²) in [5, 5.41) is 1.12. The molecule has 1 heterocycles. The zero-order chi connectivity index (χ0) is 18.8. The van der Waals surface area contributed by atoms with E-state index in [4.69, 9.17) is 21.3 Å². The standard InChI is InChI=1S/C22H18ClNO3/c23-17-10-4-1-7-14(17)20(25)13-27-22(26)21-15-8-2-5-11-18(15)24-19-12-6-3-9-16(19)21/h1-2,4-5,7-8,10-11H,3,6,9,12-13H2. The summed E-state index contributed by atoms with van der Waals surface area (Å²) < 4.78 is 5.40. The fourth-order valence-corrected chi connectivity index (χ4v) is 3.82. The number of benzene rings is 2. The maximum absolute atomic E-state index is 12.9. The Bertz CT molecular complexity index is 1040. The third-order valence-corrected chi connectivity index (χ3v) is 5.21. The van der Waals surface area contributed by atoms with Gasteiger partial charge < -0.3 is 4.74 Å². The van der Waals surface area contributed by atoms with E-state index < -0.39 is 5.97 Å². The number of carbonyl (C=O) groups is 2. The minimum Gasteiger partial charge on any atom is -0.454 e. The number of carbonyl (C=O) groups excluding carboxylic acids is 2. The minimum absolute atomic E-state index is 0.318. The van der Waals surface area contributed by atoms with Gasteiger partial charge in [-0.3, -0.25) is 9.78 Å². The first-order valence-electron chi connectivity index (χ1n) is 9.00. The van der Waals surface area contributed by atoms with Crippen molar-refractivity contribution in [1.82, 2.24) is 4.98 Å². The van der Waals surface area contributed by atoms with Gasteiger partial charge in [0.2, 0.25) is 5.78 Å². The number of nitrogens with zero attached hydrogens (tertiary/aromatic N) is 1. The zero-order valence-corrected chi connectivity index (χ0v) is 15.5. The van der Waals surface area contributed by atoms with E-state index in [2.05, 4.69) is 0 Å². The highest BCUT2D eigenvalue weighted by Gasteiger charge is 2.24. The van der Waals surface area contributed by atoms with Gasteiger partial charge in [0.05, 0.1) is 16.1 Å². The Morgan fingerprint density at radius 1 is 1.00 bits per heavy atom. The molecule has 0 atom stereocenters. The number of ketones is 1. The Kier molecular flexibility index (Phi) is 4.90. The minimum atomic E-state index is -0.479. The number of aryl methyl sites for hydroxylation is 1. The molecule has 0 bridgehead atoms. The van der Waals surface area contributed by atoms with Crippen molar-refractivity contribution < 1.29 is 14.3 Å². The molecule has 1 aromatic heterocycles. The predicted molar refractivity (Wildman–Crippen MR) is 104 cm³/mol. The molecule has 0 spiro atoms. The van der Waals surface area contributed by atoms with E-state index in [9.17, 15) is 9.59 Å². The average molecular weight is 380 g/mol. The third-order valence-electron chi connectivity index (χ3n) is 4.88. The van der Waals surface area contributed by atoms with Crippen molar-refractivity contribution in [3.8, 4) is 0 Å². The van der Waals surface area contributed by atoms with Gasteiger partial charge in [0.15, 0.2) is 6.61 Å². The summed E-state index contributed by atoms with van der Waals surface area (Å²) in [7, 11) is 0. The van der Waals surface area contributed by atoms with Crippen LogP contribution >= 0.6 is 11.6 Å². The molecule has 4 nitrogen and oxygen atoms in total. The number of ether oxygens (including phenoxy) is 1. The summed E-state index contributed by atoms with van der Waals surface area (Å²) in [5.41, 5.74) is 3.60. The molecule has 0 unspecified atom stereocenters. The Morgan fingerprint density at radius 2 is 1.74 bits per heavy atom. The number of hydrogen-bond donors (Lipinski definition) is 0. The molecule has 0 radical (unpaired) electrons. The second kappa shape index (κ2) is 7.49. The van der Waals surface area contributed by atoms with Crippen LogP contribution in [0.2, 0.25) is 5.02 Å². The van der Waals surface area contributed by atoms with Gasteiger partial charge in [0, 0.05) is 16.6 Å². The maximum atomic E-state index is 12.9. The Morgan fingerprint density at radius 3 is 2.59 bits per heavy atom. The lowest BCUT2D eigenvalue weighted by atomic mass is 9.90.